The Morgan fingerprint density at radius 1 is 1.43 bits per heavy atom. The van der Waals surface area contributed by atoms with Crippen molar-refractivity contribution in [2.24, 2.45) is 5.92 Å². The molecule has 9 heteroatoms. The Bertz CT molecular complexity index is 614. The van der Waals surface area contributed by atoms with Gasteiger partial charge in [-0.15, -0.1) is 11.3 Å². The summed E-state index contributed by atoms with van der Waals surface area (Å²) in [5, 5.41) is 10.6. The zero-order valence-corrected chi connectivity index (χ0v) is 13.1. The Morgan fingerprint density at radius 3 is 3.00 bits per heavy atom. The number of rotatable bonds is 5. The topological polar surface area (TPSA) is 62.8 Å². The van der Waals surface area contributed by atoms with Gasteiger partial charge in [-0.3, -0.25) is 5.10 Å². The van der Waals surface area contributed by atoms with Crippen molar-refractivity contribution >= 4 is 11.3 Å². The third-order valence-electron chi connectivity index (χ3n) is 3.80. The number of hydrogen-bond acceptors (Lipinski definition) is 5. The quantitative estimate of drug-likeness (QED) is 0.873. The highest BCUT2D eigenvalue weighted by atomic mass is 32.1. The molecule has 3 heterocycles. The molecular formula is C14H17F3N4OS. The van der Waals surface area contributed by atoms with Gasteiger partial charge in [-0.1, -0.05) is 0 Å². The van der Waals surface area contributed by atoms with Crippen molar-refractivity contribution in [3.05, 3.63) is 34.0 Å². The summed E-state index contributed by atoms with van der Waals surface area (Å²) < 4.78 is 43.4. The van der Waals surface area contributed by atoms with Gasteiger partial charge in [0.1, 0.15) is 0 Å². The fourth-order valence-electron chi connectivity index (χ4n) is 2.74. The van der Waals surface area contributed by atoms with Crippen LogP contribution in [0.1, 0.15) is 35.2 Å². The van der Waals surface area contributed by atoms with Crippen molar-refractivity contribution in [2.75, 3.05) is 13.2 Å². The van der Waals surface area contributed by atoms with Crippen molar-refractivity contribution in [1.82, 2.24) is 20.5 Å². The summed E-state index contributed by atoms with van der Waals surface area (Å²) in [7, 11) is 0. The number of alkyl halides is 3. The molecule has 0 radical (unpaired) electrons. The minimum absolute atomic E-state index is 0.0313. The Balaban J connectivity index is 1.54. The standard InChI is InChI=1S/C14H17F3N4OS/c15-14(16,17)13-21-11(8-23-13)7-18-4-9-2-1-3-22-12(9)10-5-19-20-6-10/h5-6,8-9,12,18H,1-4,7H2,(H,19,20)/t9-,12+/m0/s1. The van der Waals surface area contributed by atoms with Gasteiger partial charge in [-0.05, 0) is 12.8 Å². The zero-order valence-electron chi connectivity index (χ0n) is 12.3. The molecule has 2 aromatic heterocycles. The second kappa shape index (κ2) is 6.98. The Kier molecular flexibility index (Phi) is 4.98. The van der Waals surface area contributed by atoms with E-state index in [0.717, 1.165) is 18.4 Å². The molecule has 5 nitrogen and oxygen atoms in total. The maximum atomic E-state index is 12.5. The van der Waals surface area contributed by atoms with Gasteiger partial charge in [0.25, 0.3) is 0 Å². The summed E-state index contributed by atoms with van der Waals surface area (Å²) in [4.78, 5) is 3.62. The maximum absolute atomic E-state index is 12.5. The Hall–Kier alpha value is -1.45. The van der Waals surface area contributed by atoms with E-state index < -0.39 is 11.2 Å². The predicted octanol–water partition coefficient (Wildman–Crippen LogP) is 3.14. The van der Waals surface area contributed by atoms with Crippen LogP contribution in [0.15, 0.2) is 17.8 Å². The molecule has 2 aromatic rings. The molecule has 0 amide bonds. The molecule has 126 valence electrons. The van der Waals surface area contributed by atoms with Gasteiger partial charge in [0.05, 0.1) is 18.0 Å². The van der Waals surface area contributed by atoms with Crippen LogP contribution >= 0.6 is 11.3 Å². The molecular weight excluding hydrogens is 329 g/mol. The summed E-state index contributed by atoms with van der Waals surface area (Å²) >= 11 is 0.628. The van der Waals surface area contributed by atoms with Crippen LogP contribution in [-0.2, 0) is 17.5 Å². The molecule has 2 N–H and O–H groups in total. The molecule has 1 fully saturated rings. The predicted molar refractivity (Wildman–Crippen MR) is 78.8 cm³/mol. The van der Waals surface area contributed by atoms with Gasteiger partial charge in [0, 0.05) is 42.8 Å². The summed E-state index contributed by atoms with van der Waals surface area (Å²) in [5.41, 5.74) is 1.42. The lowest BCUT2D eigenvalue weighted by atomic mass is 9.91. The lowest BCUT2D eigenvalue weighted by Gasteiger charge is -2.31. The minimum Gasteiger partial charge on any atom is -0.373 e. The second-order valence-electron chi connectivity index (χ2n) is 5.50. The van der Waals surface area contributed by atoms with E-state index in [1.165, 1.54) is 5.38 Å². The first kappa shape index (κ1) is 16.4. The van der Waals surface area contributed by atoms with Crippen molar-refractivity contribution in [1.29, 1.82) is 0 Å². The Labute approximate surface area is 135 Å². The third kappa shape index (κ3) is 4.10. The SMILES string of the molecule is FC(F)(F)c1nc(CNC[C@@H]2CCCO[C@H]2c2cn[nH]c2)cs1. The average Bonchev–Trinajstić information content (AvgIpc) is 3.19. The highest BCUT2D eigenvalue weighted by Crippen LogP contribution is 2.33. The van der Waals surface area contributed by atoms with E-state index in [1.807, 2.05) is 6.20 Å². The lowest BCUT2D eigenvalue weighted by molar-refractivity contribution is -0.137. The maximum Gasteiger partial charge on any atom is 0.443 e. The lowest BCUT2D eigenvalue weighted by Crippen LogP contribution is -2.31. The summed E-state index contributed by atoms with van der Waals surface area (Å²) in [6, 6.07) is 0. The number of hydrogen-bond donors (Lipinski definition) is 2. The molecule has 0 bridgehead atoms. The van der Waals surface area contributed by atoms with Crippen LogP contribution < -0.4 is 5.32 Å². The van der Waals surface area contributed by atoms with Crippen molar-refractivity contribution in [2.45, 2.75) is 31.7 Å². The van der Waals surface area contributed by atoms with E-state index in [9.17, 15) is 13.2 Å². The first-order chi connectivity index (χ1) is 11.0. The molecule has 0 spiro atoms. The van der Waals surface area contributed by atoms with Crippen molar-refractivity contribution in [3.8, 4) is 0 Å². The monoisotopic (exact) mass is 346 g/mol. The molecule has 0 saturated carbocycles. The highest BCUT2D eigenvalue weighted by Gasteiger charge is 2.34. The number of nitrogens with zero attached hydrogens (tertiary/aromatic N) is 2. The average molecular weight is 346 g/mol. The first-order valence-corrected chi connectivity index (χ1v) is 8.24. The van der Waals surface area contributed by atoms with E-state index in [0.29, 0.717) is 36.7 Å². The molecule has 0 aliphatic carbocycles. The largest absolute Gasteiger partial charge is 0.443 e. The number of nitrogens with one attached hydrogen (secondary N) is 2. The van der Waals surface area contributed by atoms with Gasteiger partial charge < -0.3 is 10.1 Å². The Morgan fingerprint density at radius 2 is 2.30 bits per heavy atom. The van der Waals surface area contributed by atoms with E-state index >= 15 is 0 Å². The summed E-state index contributed by atoms with van der Waals surface area (Å²) in [6.45, 7) is 1.70. The molecule has 23 heavy (non-hydrogen) atoms. The summed E-state index contributed by atoms with van der Waals surface area (Å²) in [5.74, 6) is 0.266. The van der Waals surface area contributed by atoms with Crippen LogP contribution in [0.2, 0.25) is 0 Å². The fourth-order valence-corrected chi connectivity index (χ4v) is 3.43. The fraction of sp³-hybridized carbons (Fsp3) is 0.571. The van der Waals surface area contributed by atoms with Crippen LogP contribution in [0.4, 0.5) is 13.2 Å². The number of halogens is 3. The molecule has 0 unspecified atom stereocenters. The van der Waals surface area contributed by atoms with Gasteiger partial charge in [-0.2, -0.15) is 18.3 Å². The molecule has 0 aromatic carbocycles. The van der Waals surface area contributed by atoms with Crippen LogP contribution in [0.25, 0.3) is 0 Å². The number of thiazole rings is 1. The van der Waals surface area contributed by atoms with Gasteiger partial charge in [0.2, 0.25) is 0 Å². The van der Waals surface area contributed by atoms with E-state index in [1.54, 1.807) is 6.20 Å². The van der Waals surface area contributed by atoms with Crippen LogP contribution in [0.3, 0.4) is 0 Å². The van der Waals surface area contributed by atoms with E-state index in [-0.39, 0.29) is 12.0 Å². The highest BCUT2D eigenvalue weighted by molar-refractivity contribution is 7.09. The number of H-pyrrole nitrogens is 1. The van der Waals surface area contributed by atoms with Gasteiger partial charge >= 0.3 is 6.18 Å². The van der Waals surface area contributed by atoms with Crippen LogP contribution in [0, 0.1) is 5.92 Å². The van der Waals surface area contributed by atoms with E-state index in [2.05, 4.69) is 20.5 Å². The molecule has 1 saturated heterocycles. The minimum atomic E-state index is -4.37. The van der Waals surface area contributed by atoms with Gasteiger partial charge in [0.15, 0.2) is 5.01 Å². The van der Waals surface area contributed by atoms with Crippen molar-refractivity contribution < 1.29 is 17.9 Å². The van der Waals surface area contributed by atoms with Crippen molar-refractivity contribution in [3.63, 3.8) is 0 Å². The molecule has 3 rings (SSSR count). The van der Waals surface area contributed by atoms with Crippen LogP contribution in [0.5, 0.6) is 0 Å². The second-order valence-corrected chi connectivity index (χ2v) is 6.36. The normalized spacial score (nSPS) is 22.4. The number of aromatic amines is 1. The summed E-state index contributed by atoms with van der Waals surface area (Å²) in [6.07, 6.45) is 1.16. The smallest absolute Gasteiger partial charge is 0.373 e. The zero-order chi connectivity index (χ0) is 16.3. The van der Waals surface area contributed by atoms with Crippen LogP contribution in [-0.4, -0.2) is 28.3 Å². The number of aromatic nitrogens is 3. The molecule has 2 atom stereocenters. The molecule has 1 aliphatic heterocycles. The van der Waals surface area contributed by atoms with Gasteiger partial charge in [-0.25, -0.2) is 4.98 Å². The molecule has 1 aliphatic rings. The number of ether oxygens (including phenoxy) is 1. The first-order valence-electron chi connectivity index (χ1n) is 7.36. The third-order valence-corrected chi connectivity index (χ3v) is 4.74. The van der Waals surface area contributed by atoms with E-state index in [4.69, 9.17) is 4.74 Å².